The molecule has 0 saturated carbocycles. The second-order valence-corrected chi connectivity index (χ2v) is 7.88. The zero-order chi connectivity index (χ0) is 22.7. The van der Waals surface area contributed by atoms with Crippen molar-refractivity contribution in [2.75, 3.05) is 18.6 Å². The van der Waals surface area contributed by atoms with Gasteiger partial charge in [0.15, 0.2) is 0 Å². The van der Waals surface area contributed by atoms with Crippen LogP contribution in [0, 0.1) is 0 Å². The maximum absolute atomic E-state index is 13.6. The van der Waals surface area contributed by atoms with E-state index in [0.29, 0.717) is 46.4 Å². The molecule has 32 heavy (non-hydrogen) atoms. The van der Waals surface area contributed by atoms with Crippen LogP contribution in [0.2, 0.25) is 5.02 Å². The van der Waals surface area contributed by atoms with Crippen LogP contribution in [0.4, 0.5) is 5.69 Å². The minimum atomic E-state index is -0.378. The van der Waals surface area contributed by atoms with Gasteiger partial charge < -0.3 is 9.64 Å². The SMILES string of the molecule is CCOc1ccc(C2=C(N(C)Cc3ccccc3)C(=O)N(c3cccc(Cl)c3)C2=O)cc1. The van der Waals surface area contributed by atoms with Crippen molar-refractivity contribution in [2.24, 2.45) is 0 Å². The number of carbonyl (C=O) groups is 2. The first kappa shape index (κ1) is 21.7. The summed E-state index contributed by atoms with van der Waals surface area (Å²) in [6, 6.07) is 23.8. The molecule has 0 fully saturated rings. The van der Waals surface area contributed by atoms with Crippen molar-refractivity contribution in [1.82, 2.24) is 4.90 Å². The number of benzene rings is 3. The first-order valence-electron chi connectivity index (χ1n) is 10.4. The Bertz CT molecular complexity index is 1170. The van der Waals surface area contributed by atoms with Crippen molar-refractivity contribution in [3.8, 4) is 5.75 Å². The molecule has 0 bridgehead atoms. The van der Waals surface area contributed by atoms with Crippen LogP contribution in [0.1, 0.15) is 18.1 Å². The molecule has 162 valence electrons. The van der Waals surface area contributed by atoms with Crippen molar-refractivity contribution in [2.45, 2.75) is 13.5 Å². The van der Waals surface area contributed by atoms with Gasteiger partial charge in [-0.05, 0) is 48.4 Å². The number of halogens is 1. The average molecular weight is 447 g/mol. The molecular formula is C26H23ClN2O3. The van der Waals surface area contributed by atoms with Gasteiger partial charge in [-0.2, -0.15) is 0 Å². The third-order valence-electron chi connectivity index (χ3n) is 5.22. The molecule has 1 aliphatic rings. The summed E-state index contributed by atoms with van der Waals surface area (Å²) >= 11 is 6.14. The Kier molecular flexibility index (Phi) is 6.28. The summed E-state index contributed by atoms with van der Waals surface area (Å²) in [7, 11) is 1.82. The molecule has 0 radical (unpaired) electrons. The zero-order valence-corrected chi connectivity index (χ0v) is 18.7. The summed E-state index contributed by atoms with van der Waals surface area (Å²) in [6.07, 6.45) is 0. The van der Waals surface area contributed by atoms with E-state index in [0.717, 1.165) is 5.56 Å². The minimum absolute atomic E-state index is 0.350. The Morgan fingerprint density at radius 3 is 2.28 bits per heavy atom. The maximum atomic E-state index is 13.6. The van der Waals surface area contributed by atoms with E-state index in [1.165, 1.54) is 4.90 Å². The second kappa shape index (κ2) is 9.28. The molecule has 3 aromatic carbocycles. The van der Waals surface area contributed by atoms with E-state index in [1.807, 2.05) is 61.3 Å². The predicted molar refractivity (Wildman–Crippen MR) is 126 cm³/mol. The van der Waals surface area contributed by atoms with Gasteiger partial charge in [0.2, 0.25) is 0 Å². The highest BCUT2D eigenvalue weighted by Crippen LogP contribution is 2.36. The van der Waals surface area contributed by atoms with Gasteiger partial charge in [0.25, 0.3) is 11.8 Å². The number of amides is 2. The summed E-state index contributed by atoms with van der Waals surface area (Å²) in [5.41, 5.74) is 2.85. The van der Waals surface area contributed by atoms with Crippen LogP contribution < -0.4 is 9.64 Å². The molecule has 0 aliphatic carbocycles. The number of nitrogens with zero attached hydrogens (tertiary/aromatic N) is 2. The molecule has 4 rings (SSSR count). The third kappa shape index (κ3) is 4.25. The molecule has 0 spiro atoms. The van der Waals surface area contributed by atoms with Gasteiger partial charge in [0.05, 0.1) is 17.9 Å². The maximum Gasteiger partial charge on any atom is 0.282 e. The number of hydrogen-bond acceptors (Lipinski definition) is 4. The van der Waals surface area contributed by atoms with Crippen LogP contribution in [0.3, 0.4) is 0 Å². The number of likely N-dealkylation sites (N-methyl/N-ethyl adjacent to an activating group) is 1. The van der Waals surface area contributed by atoms with Crippen LogP contribution in [-0.2, 0) is 16.1 Å². The van der Waals surface area contributed by atoms with Crippen molar-refractivity contribution in [3.05, 3.63) is 101 Å². The lowest BCUT2D eigenvalue weighted by molar-refractivity contribution is -0.120. The van der Waals surface area contributed by atoms with E-state index in [-0.39, 0.29) is 11.8 Å². The lowest BCUT2D eigenvalue weighted by Gasteiger charge is -2.21. The van der Waals surface area contributed by atoms with E-state index < -0.39 is 0 Å². The Balaban J connectivity index is 1.78. The van der Waals surface area contributed by atoms with E-state index in [2.05, 4.69) is 0 Å². The quantitative estimate of drug-likeness (QED) is 0.471. The molecule has 0 atom stereocenters. The molecule has 0 aromatic heterocycles. The predicted octanol–water partition coefficient (Wildman–Crippen LogP) is 5.16. The molecule has 1 heterocycles. The highest BCUT2D eigenvalue weighted by atomic mass is 35.5. The monoisotopic (exact) mass is 446 g/mol. The van der Waals surface area contributed by atoms with Crippen LogP contribution in [0.15, 0.2) is 84.6 Å². The summed E-state index contributed by atoms with van der Waals surface area (Å²) in [5, 5.41) is 0.455. The molecule has 6 heteroatoms. The molecule has 3 aromatic rings. The second-order valence-electron chi connectivity index (χ2n) is 7.45. The van der Waals surface area contributed by atoms with Crippen LogP contribution in [-0.4, -0.2) is 30.4 Å². The first-order chi connectivity index (χ1) is 15.5. The summed E-state index contributed by atoms with van der Waals surface area (Å²) in [6.45, 7) is 2.95. The normalized spacial score (nSPS) is 13.7. The van der Waals surface area contributed by atoms with E-state index >= 15 is 0 Å². The Morgan fingerprint density at radius 2 is 1.62 bits per heavy atom. The fourth-order valence-electron chi connectivity index (χ4n) is 3.80. The molecule has 0 unspecified atom stereocenters. The lowest BCUT2D eigenvalue weighted by Crippen LogP contribution is -2.34. The summed E-state index contributed by atoms with van der Waals surface area (Å²) in [4.78, 5) is 30.1. The molecule has 5 nitrogen and oxygen atoms in total. The zero-order valence-electron chi connectivity index (χ0n) is 17.9. The minimum Gasteiger partial charge on any atom is -0.494 e. The Morgan fingerprint density at radius 1 is 0.906 bits per heavy atom. The number of ether oxygens (including phenoxy) is 1. The third-order valence-corrected chi connectivity index (χ3v) is 5.46. The highest BCUT2D eigenvalue weighted by molar-refractivity contribution is 6.45. The number of carbonyl (C=O) groups excluding carboxylic acids is 2. The number of imide groups is 1. The van der Waals surface area contributed by atoms with Gasteiger partial charge in [-0.25, -0.2) is 4.90 Å². The lowest BCUT2D eigenvalue weighted by atomic mass is 10.0. The van der Waals surface area contributed by atoms with Crippen molar-refractivity contribution >= 4 is 34.7 Å². The van der Waals surface area contributed by atoms with Gasteiger partial charge in [-0.15, -0.1) is 0 Å². The Hall–Kier alpha value is -3.57. The number of anilines is 1. The van der Waals surface area contributed by atoms with Gasteiger partial charge in [0.1, 0.15) is 11.4 Å². The van der Waals surface area contributed by atoms with Gasteiger partial charge >= 0.3 is 0 Å². The van der Waals surface area contributed by atoms with Crippen molar-refractivity contribution < 1.29 is 14.3 Å². The van der Waals surface area contributed by atoms with Crippen molar-refractivity contribution in [3.63, 3.8) is 0 Å². The summed E-state index contributed by atoms with van der Waals surface area (Å²) in [5.74, 6) is -0.0459. The van der Waals surface area contributed by atoms with E-state index in [9.17, 15) is 9.59 Å². The van der Waals surface area contributed by atoms with E-state index in [1.54, 1.807) is 36.4 Å². The fourth-order valence-corrected chi connectivity index (χ4v) is 3.99. The van der Waals surface area contributed by atoms with E-state index in [4.69, 9.17) is 16.3 Å². The first-order valence-corrected chi connectivity index (χ1v) is 10.7. The fraction of sp³-hybridized carbons (Fsp3) is 0.154. The largest absolute Gasteiger partial charge is 0.494 e. The molecule has 0 N–H and O–H groups in total. The number of rotatable bonds is 7. The molecule has 1 aliphatic heterocycles. The Labute approximate surface area is 192 Å². The number of hydrogen-bond donors (Lipinski definition) is 0. The molecule has 2 amide bonds. The van der Waals surface area contributed by atoms with Gasteiger partial charge in [-0.1, -0.05) is 60.1 Å². The average Bonchev–Trinajstić information content (AvgIpc) is 3.05. The molecule has 0 saturated heterocycles. The topological polar surface area (TPSA) is 49.9 Å². The highest BCUT2D eigenvalue weighted by Gasteiger charge is 2.41. The standard InChI is InChI=1S/C26H23ClN2O3/c1-3-32-22-14-12-19(13-15-22)23-24(28(2)17-18-8-5-4-6-9-18)26(31)29(25(23)30)21-11-7-10-20(27)16-21/h4-16H,3,17H2,1-2H3. The van der Waals surface area contributed by atoms with Gasteiger partial charge in [-0.3, -0.25) is 9.59 Å². The molecular weight excluding hydrogens is 424 g/mol. The van der Waals surface area contributed by atoms with Crippen molar-refractivity contribution in [1.29, 1.82) is 0 Å². The smallest absolute Gasteiger partial charge is 0.282 e. The van der Waals surface area contributed by atoms with Crippen LogP contribution in [0.5, 0.6) is 5.75 Å². The van der Waals surface area contributed by atoms with Crippen LogP contribution in [0.25, 0.3) is 5.57 Å². The van der Waals surface area contributed by atoms with Crippen LogP contribution >= 0.6 is 11.6 Å². The summed E-state index contributed by atoms with van der Waals surface area (Å²) < 4.78 is 5.52. The van der Waals surface area contributed by atoms with Gasteiger partial charge in [0, 0.05) is 18.6 Å².